The van der Waals surface area contributed by atoms with Gasteiger partial charge in [-0.25, -0.2) is 11.4 Å². The molecule has 14 nitrogen and oxygen atoms in total. The standard InChI is InChI=1S/C17H15BrN4O2S.C17H14BrN3O2S.H3NO.Na.H2O/c18-16-19-20-17(25-9-15(23)21-24)22(16)14-8-7-11(10-5-6-10)12-3-1-2-4-13(12)14;18-16-19-20-17(24-9-15(22)23)21(16)14-8-7-11(10-5-6-10)12-3-1-2-4-13(12)14;1-2;;/h1-4,7-8,10,24H,5-6,9H2,(H,21,23);1-4,7-8,10H,5-6,9H2,(H,22,23);2H,1H2;;1H2/q;;;+1;/p-1. The Morgan fingerprint density at radius 3 is 1.47 bits per heavy atom. The summed E-state index contributed by atoms with van der Waals surface area (Å²) in [6, 6.07) is 25.1. The number of carbonyl (C=O) groups excluding carboxylic acids is 1. The quantitative estimate of drug-likeness (QED) is 0.0567. The summed E-state index contributed by atoms with van der Waals surface area (Å²) in [5.41, 5.74) is 6.32. The molecule has 6 aromatic rings. The van der Waals surface area contributed by atoms with Gasteiger partial charge in [-0.1, -0.05) is 84.2 Å². The number of carboxylic acid groups (broad SMARTS) is 1. The van der Waals surface area contributed by atoms with Gasteiger partial charge in [0.05, 0.1) is 22.9 Å². The van der Waals surface area contributed by atoms with Gasteiger partial charge < -0.3 is 15.8 Å². The number of rotatable bonds is 10. The van der Waals surface area contributed by atoms with Gasteiger partial charge >= 0.3 is 35.5 Å². The third-order valence-corrected chi connectivity index (χ3v) is 11.2. The van der Waals surface area contributed by atoms with Crippen LogP contribution in [-0.2, 0) is 9.59 Å². The Labute approximate surface area is 351 Å². The van der Waals surface area contributed by atoms with Gasteiger partial charge in [0.15, 0.2) is 10.3 Å². The molecule has 8 rings (SSSR count). The number of halogens is 2. The predicted octanol–water partition coefficient (Wildman–Crippen LogP) is 4.06. The first kappa shape index (κ1) is 42.9. The summed E-state index contributed by atoms with van der Waals surface area (Å²) < 4.78 is 4.89. The van der Waals surface area contributed by atoms with Crippen LogP contribution in [0, 0.1) is 0 Å². The normalized spacial score (nSPS) is 13.2. The van der Waals surface area contributed by atoms with Gasteiger partial charge in [0.1, 0.15) is 0 Å². The number of nitrogens with two attached hydrogens (primary N) is 1. The zero-order chi connectivity index (χ0) is 36.1. The van der Waals surface area contributed by atoms with Crippen LogP contribution < -0.4 is 40.9 Å². The van der Waals surface area contributed by atoms with Crippen LogP contribution >= 0.6 is 55.4 Å². The van der Waals surface area contributed by atoms with E-state index in [-0.39, 0.29) is 46.5 Å². The van der Waals surface area contributed by atoms with Crippen LogP contribution in [0.2, 0.25) is 0 Å². The number of amides is 1. The molecule has 53 heavy (non-hydrogen) atoms. The van der Waals surface area contributed by atoms with Crippen molar-refractivity contribution in [1.82, 2.24) is 35.0 Å². The number of benzene rings is 4. The topological polar surface area (TPSA) is 224 Å². The SMILES string of the molecule is NO.O=C(CSc1nnc(Br)n1-c1ccc(C2CC2)c2ccccc12)NO.O=C(O)CSc1nnc(Br)n1-c1ccc(C2CC2)c2ccccc12.[Na+].[OH-]. The van der Waals surface area contributed by atoms with Crippen molar-refractivity contribution in [3.05, 3.63) is 93.4 Å². The van der Waals surface area contributed by atoms with Crippen molar-refractivity contribution >= 4 is 88.8 Å². The number of fused-ring (bicyclic) bond motifs is 2. The fraction of sp³-hybridized carbons (Fsp3) is 0.235. The van der Waals surface area contributed by atoms with Crippen molar-refractivity contribution in [2.24, 2.45) is 5.90 Å². The summed E-state index contributed by atoms with van der Waals surface area (Å²) in [5, 5.41) is 46.4. The van der Waals surface area contributed by atoms with Crippen molar-refractivity contribution in [3.63, 3.8) is 0 Å². The fourth-order valence-corrected chi connectivity index (χ4v) is 8.40. The van der Waals surface area contributed by atoms with Crippen LogP contribution in [0.4, 0.5) is 0 Å². The minimum atomic E-state index is -0.875. The van der Waals surface area contributed by atoms with Gasteiger partial charge in [0.25, 0.3) is 5.91 Å². The van der Waals surface area contributed by atoms with Gasteiger partial charge in [-0.3, -0.25) is 23.9 Å². The third-order valence-electron chi connectivity index (χ3n) is 8.36. The number of aromatic nitrogens is 6. The minimum absolute atomic E-state index is 0. The van der Waals surface area contributed by atoms with E-state index in [0.717, 1.165) is 33.9 Å². The molecule has 1 amide bonds. The summed E-state index contributed by atoms with van der Waals surface area (Å²) in [6.07, 6.45) is 4.99. The number of hydrogen-bond acceptors (Lipinski definition) is 12. The van der Waals surface area contributed by atoms with Gasteiger partial charge in [-0.15, -0.1) is 20.4 Å². The monoisotopic (exact) mass is 894 g/mol. The Morgan fingerprint density at radius 2 is 1.09 bits per heavy atom. The zero-order valence-electron chi connectivity index (χ0n) is 28.3. The van der Waals surface area contributed by atoms with E-state index in [9.17, 15) is 9.59 Å². The number of hydroxylamine groups is 1. The first-order valence-corrected chi connectivity index (χ1v) is 19.3. The fourth-order valence-electron chi connectivity index (χ4n) is 5.89. The van der Waals surface area contributed by atoms with Crippen molar-refractivity contribution < 1.29 is 60.1 Å². The van der Waals surface area contributed by atoms with Gasteiger partial charge in [0, 0.05) is 10.8 Å². The van der Waals surface area contributed by atoms with E-state index in [1.807, 2.05) is 21.3 Å². The second-order valence-corrected chi connectivity index (χ2v) is 15.0. The molecule has 0 saturated heterocycles. The molecule has 19 heteroatoms. The molecule has 2 aromatic heterocycles. The molecular formula is C34H33Br2N8NaO6S2. The van der Waals surface area contributed by atoms with Crippen molar-refractivity contribution in [1.29, 1.82) is 0 Å². The molecule has 0 aliphatic heterocycles. The number of hydrogen-bond donors (Lipinski definition) is 5. The number of carboxylic acids is 1. The van der Waals surface area contributed by atoms with E-state index in [1.54, 1.807) is 5.48 Å². The molecule has 0 bridgehead atoms. The number of carbonyl (C=O) groups is 2. The Kier molecular flexibility index (Phi) is 15.9. The smallest absolute Gasteiger partial charge is 0.870 e. The largest absolute Gasteiger partial charge is 1.00 e. The molecule has 0 spiro atoms. The first-order valence-electron chi connectivity index (χ1n) is 15.8. The van der Waals surface area contributed by atoms with Crippen molar-refractivity contribution in [2.75, 3.05) is 11.5 Å². The molecule has 2 aliphatic rings. The Hall–Kier alpha value is -2.88. The van der Waals surface area contributed by atoms with Crippen molar-refractivity contribution in [2.45, 2.75) is 47.8 Å². The van der Waals surface area contributed by atoms with Crippen LogP contribution in [0.3, 0.4) is 0 Å². The first-order chi connectivity index (χ1) is 24.8. The maximum Gasteiger partial charge on any atom is 1.00 e. The molecule has 2 heterocycles. The number of thioether (sulfide) groups is 2. The van der Waals surface area contributed by atoms with Gasteiger partial charge in [-0.05, 0) is 103 Å². The van der Waals surface area contributed by atoms with E-state index in [2.05, 4.69) is 119 Å². The molecule has 2 fully saturated rings. The summed E-state index contributed by atoms with van der Waals surface area (Å²) in [7, 11) is 0. The number of nitrogens with zero attached hydrogens (tertiary/aromatic N) is 6. The third kappa shape index (κ3) is 9.87. The van der Waals surface area contributed by atoms with Gasteiger partial charge in [-0.2, -0.15) is 0 Å². The van der Waals surface area contributed by atoms with E-state index in [4.69, 9.17) is 15.5 Å². The van der Waals surface area contributed by atoms with E-state index >= 15 is 0 Å². The predicted molar refractivity (Wildman–Crippen MR) is 204 cm³/mol. The molecule has 0 unspecified atom stereocenters. The zero-order valence-corrected chi connectivity index (χ0v) is 35.1. The maximum absolute atomic E-state index is 11.3. The average molecular weight is 897 g/mol. The molecule has 2 saturated carbocycles. The second-order valence-electron chi connectivity index (χ2n) is 11.7. The molecule has 2 aliphatic carbocycles. The second kappa shape index (κ2) is 19.6. The van der Waals surface area contributed by atoms with E-state index < -0.39 is 11.9 Å². The molecule has 4 aromatic carbocycles. The van der Waals surface area contributed by atoms with Crippen LogP contribution in [0.15, 0.2) is 92.6 Å². The summed E-state index contributed by atoms with van der Waals surface area (Å²) >= 11 is 9.26. The summed E-state index contributed by atoms with van der Waals surface area (Å²) in [6.45, 7) is 0. The molecule has 272 valence electrons. The maximum atomic E-state index is 11.3. The van der Waals surface area contributed by atoms with E-state index in [1.165, 1.54) is 59.3 Å². The molecule has 7 N–H and O–H groups in total. The Morgan fingerprint density at radius 1 is 0.698 bits per heavy atom. The Bertz CT molecular complexity index is 2220. The molecule has 0 radical (unpaired) electrons. The number of aliphatic carboxylic acids is 1. The van der Waals surface area contributed by atoms with Crippen molar-refractivity contribution in [3.8, 4) is 11.4 Å². The molecule has 0 atom stereocenters. The summed E-state index contributed by atoms with van der Waals surface area (Å²) in [4.78, 5) is 22.2. The Balaban J connectivity index is 0.000000218. The van der Waals surface area contributed by atoms with Crippen LogP contribution in [0.25, 0.3) is 32.9 Å². The summed E-state index contributed by atoms with van der Waals surface area (Å²) in [5.74, 6) is 3.46. The minimum Gasteiger partial charge on any atom is -0.870 e. The number of nitrogens with one attached hydrogen (secondary N) is 1. The van der Waals surface area contributed by atoms with Crippen LogP contribution in [-0.4, -0.2) is 73.9 Å². The molecular weight excluding hydrogens is 863 g/mol. The van der Waals surface area contributed by atoms with Gasteiger partial charge in [0.2, 0.25) is 9.47 Å². The average Bonchev–Trinajstić information content (AvgIpc) is 4.10. The van der Waals surface area contributed by atoms with E-state index in [0.29, 0.717) is 31.6 Å². The van der Waals surface area contributed by atoms with Crippen LogP contribution in [0.1, 0.15) is 48.6 Å². The van der Waals surface area contributed by atoms with Crippen LogP contribution in [0.5, 0.6) is 0 Å².